The van der Waals surface area contributed by atoms with Crippen molar-refractivity contribution in [2.45, 2.75) is 6.54 Å². The van der Waals surface area contributed by atoms with E-state index in [1.165, 1.54) is 17.0 Å². The Morgan fingerprint density at radius 3 is 2.52 bits per heavy atom. The molecule has 6 nitrogen and oxygen atoms in total. The maximum atomic E-state index is 14.3. The molecule has 0 spiro atoms. The molecule has 1 heterocycles. The number of rotatable bonds is 4. The maximum Gasteiger partial charge on any atom is 0.323 e. The molecule has 0 atom stereocenters. The molecule has 158 valence electrons. The Morgan fingerprint density at radius 2 is 1.77 bits per heavy atom. The largest absolute Gasteiger partial charge is 0.482 e. The first kappa shape index (κ1) is 21.0. The number of carbonyl (C=O) groups excluding carboxylic acids is 2. The topological polar surface area (TPSA) is 70.7 Å². The summed E-state index contributed by atoms with van der Waals surface area (Å²) in [5.74, 6) is -0.427. The van der Waals surface area contributed by atoms with Gasteiger partial charge in [-0.2, -0.15) is 0 Å². The van der Waals surface area contributed by atoms with Crippen molar-refractivity contribution in [1.29, 1.82) is 0 Å². The molecule has 4 rings (SSSR count). The summed E-state index contributed by atoms with van der Waals surface area (Å²) in [6, 6.07) is 15.4. The molecule has 0 saturated carbocycles. The molecule has 1 aliphatic rings. The van der Waals surface area contributed by atoms with Gasteiger partial charge in [-0.15, -0.1) is 0 Å². The van der Waals surface area contributed by atoms with Gasteiger partial charge in [-0.1, -0.05) is 35.3 Å². The third kappa shape index (κ3) is 4.73. The summed E-state index contributed by atoms with van der Waals surface area (Å²) in [5.41, 5.74) is 1.54. The lowest BCUT2D eigenvalue weighted by molar-refractivity contribution is -0.121. The number of hydrogen-bond donors (Lipinski definition) is 2. The van der Waals surface area contributed by atoms with E-state index in [9.17, 15) is 14.0 Å². The highest BCUT2D eigenvalue weighted by atomic mass is 35.5. The smallest absolute Gasteiger partial charge is 0.323 e. The summed E-state index contributed by atoms with van der Waals surface area (Å²) in [7, 11) is 0. The van der Waals surface area contributed by atoms with Crippen molar-refractivity contribution in [2.75, 3.05) is 22.1 Å². The van der Waals surface area contributed by atoms with Crippen molar-refractivity contribution >= 4 is 52.2 Å². The number of amides is 3. The standard InChI is InChI=1S/C22H16Cl2FN3O3/c23-13-3-1-4-14(9-13)26-22(30)27-15-7-8-20-19(10-15)28(21(29)12-31-20)11-16-17(24)5-2-6-18(16)25/h1-10H,11-12H2,(H2,26,27,30). The van der Waals surface area contributed by atoms with Crippen LogP contribution in [-0.2, 0) is 11.3 Å². The number of fused-ring (bicyclic) bond motifs is 1. The molecular weight excluding hydrogens is 444 g/mol. The van der Waals surface area contributed by atoms with Crippen LogP contribution >= 0.6 is 23.2 Å². The molecule has 0 fully saturated rings. The molecule has 3 aromatic carbocycles. The fourth-order valence-corrected chi connectivity index (χ4v) is 3.57. The van der Waals surface area contributed by atoms with Crippen molar-refractivity contribution in [3.63, 3.8) is 0 Å². The molecule has 0 aromatic heterocycles. The molecule has 0 saturated heterocycles. The van der Waals surface area contributed by atoms with E-state index in [1.54, 1.807) is 48.5 Å². The number of hydrogen-bond acceptors (Lipinski definition) is 3. The van der Waals surface area contributed by atoms with Gasteiger partial charge < -0.3 is 20.3 Å². The first-order valence-corrected chi connectivity index (χ1v) is 10.00. The summed E-state index contributed by atoms with van der Waals surface area (Å²) in [6.07, 6.45) is 0. The van der Waals surface area contributed by atoms with Crippen LogP contribution in [0.1, 0.15) is 5.56 Å². The summed E-state index contributed by atoms with van der Waals surface area (Å²) in [6.45, 7) is -0.250. The van der Waals surface area contributed by atoms with Crippen LogP contribution in [0.2, 0.25) is 10.0 Å². The van der Waals surface area contributed by atoms with E-state index < -0.39 is 11.8 Å². The summed E-state index contributed by atoms with van der Waals surface area (Å²) >= 11 is 12.1. The highest BCUT2D eigenvalue weighted by Gasteiger charge is 2.27. The zero-order valence-electron chi connectivity index (χ0n) is 16.0. The minimum atomic E-state index is -0.511. The zero-order valence-corrected chi connectivity index (χ0v) is 17.5. The fraction of sp³-hybridized carbons (Fsp3) is 0.0909. The van der Waals surface area contributed by atoms with Gasteiger partial charge in [0.25, 0.3) is 5.91 Å². The first-order chi connectivity index (χ1) is 14.9. The van der Waals surface area contributed by atoms with Gasteiger partial charge in [0.1, 0.15) is 11.6 Å². The summed E-state index contributed by atoms with van der Waals surface area (Å²) < 4.78 is 19.7. The third-order valence-electron chi connectivity index (χ3n) is 4.62. The highest BCUT2D eigenvalue weighted by molar-refractivity contribution is 6.31. The second kappa shape index (κ2) is 8.83. The van der Waals surface area contributed by atoms with E-state index in [0.29, 0.717) is 27.8 Å². The number of anilines is 3. The average Bonchev–Trinajstić information content (AvgIpc) is 2.72. The van der Waals surface area contributed by atoms with Crippen LogP contribution in [0, 0.1) is 5.82 Å². The Morgan fingerprint density at radius 1 is 1.03 bits per heavy atom. The molecule has 0 unspecified atom stereocenters. The predicted octanol–water partition coefficient (Wildman–Crippen LogP) is 5.70. The Bertz CT molecular complexity index is 1150. The van der Waals surface area contributed by atoms with Crippen LogP contribution in [0.4, 0.5) is 26.2 Å². The van der Waals surface area contributed by atoms with Crippen molar-refractivity contribution in [3.05, 3.63) is 82.1 Å². The molecule has 0 bridgehead atoms. The molecular formula is C22H16Cl2FN3O3. The number of ether oxygens (including phenoxy) is 1. The molecule has 2 N–H and O–H groups in total. The van der Waals surface area contributed by atoms with Gasteiger partial charge in [0, 0.05) is 27.0 Å². The molecule has 1 aliphatic heterocycles. The van der Waals surface area contributed by atoms with Crippen LogP contribution < -0.4 is 20.3 Å². The first-order valence-electron chi connectivity index (χ1n) is 9.24. The van der Waals surface area contributed by atoms with Gasteiger partial charge >= 0.3 is 6.03 Å². The van der Waals surface area contributed by atoms with Crippen LogP contribution in [-0.4, -0.2) is 18.5 Å². The van der Waals surface area contributed by atoms with Gasteiger partial charge in [0.2, 0.25) is 0 Å². The number of urea groups is 1. The van der Waals surface area contributed by atoms with E-state index in [1.807, 2.05) is 0 Å². The van der Waals surface area contributed by atoms with Crippen LogP contribution in [0.3, 0.4) is 0 Å². The normalized spacial score (nSPS) is 12.7. The van der Waals surface area contributed by atoms with Gasteiger partial charge in [0.05, 0.1) is 12.2 Å². The summed E-state index contributed by atoms with van der Waals surface area (Å²) in [5, 5.41) is 6.08. The second-order valence-electron chi connectivity index (χ2n) is 6.74. The monoisotopic (exact) mass is 459 g/mol. The lowest BCUT2D eigenvalue weighted by Gasteiger charge is -2.30. The number of halogens is 3. The third-order valence-corrected chi connectivity index (χ3v) is 5.21. The fourth-order valence-electron chi connectivity index (χ4n) is 3.15. The van der Waals surface area contributed by atoms with Crippen molar-refractivity contribution in [2.24, 2.45) is 0 Å². The Balaban J connectivity index is 1.57. The molecule has 9 heteroatoms. The average molecular weight is 460 g/mol. The van der Waals surface area contributed by atoms with E-state index in [2.05, 4.69) is 10.6 Å². The molecule has 3 amide bonds. The lowest BCUT2D eigenvalue weighted by Crippen LogP contribution is -2.38. The number of nitrogens with one attached hydrogen (secondary N) is 2. The van der Waals surface area contributed by atoms with Gasteiger partial charge in [-0.05, 0) is 48.5 Å². The van der Waals surface area contributed by atoms with Crippen molar-refractivity contribution in [3.8, 4) is 5.75 Å². The quantitative estimate of drug-likeness (QED) is 0.525. The summed E-state index contributed by atoms with van der Waals surface area (Å²) in [4.78, 5) is 26.2. The van der Waals surface area contributed by atoms with Gasteiger partial charge in [-0.3, -0.25) is 4.79 Å². The number of carbonyl (C=O) groups is 2. The highest BCUT2D eigenvalue weighted by Crippen LogP contribution is 2.36. The van der Waals surface area contributed by atoms with Gasteiger partial charge in [0.15, 0.2) is 6.61 Å². The van der Waals surface area contributed by atoms with Gasteiger partial charge in [-0.25, -0.2) is 9.18 Å². The van der Waals surface area contributed by atoms with Crippen LogP contribution in [0.25, 0.3) is 0 Å². The Kier molecular flexibility index (Phi) is 5.97. The molecule has 3 aromatic rings. The SMILES string of the molecule is O=C(Nc1cccc(Cl)c1)Nc1ccc2c(c1)N(Cc1c(F)cccc1Cl)C(=O)CO2. The van der Waals surface area contributed by atoms with E-state index in [4.69, 9.17) is 27.9 Å². The molecule has 0 radical (unpaired) electrons. The second-order valence-corrected chi connectivity index (χ2v) is 7.58. The zero-order chi connectivity index (χ0) is 22.0. The predicted molar refractivity (Wildman–Crippen MR) is 119 cm³/mol. The Hall–Kier alpha value is -3.29. The van der Waals surface area contributed by atoms with Crippen LogP contribution in [0.15, 0.2) is 60.7 Å². The Labute approximate surface area is 187 Å². The number of nitrogens with zero attached hydrogens (tertiary/aromatic N) is 1. The van der Waals surface area contributed by atoms with Crippen molar-refractivity contribution in [1.82, 2.24) is 0 Å². The van der Waals surface area contributed by atoms with Crippen LogP contribution in [0.5, 0.6) is 5.75 Å². The molecule has 0 aliphatic carbocycles. The minimum Gasteiger partial charge on any atom is -0.482 e. The molecule has 31 heavy (non-hydrogen) atoms. The lowest BCUT2D eigenvalue weighted by atomic mass is 10.1. The minimum absolute atomic E-state index is 0.0706. The number of benzene rings is 3. The van der Waals surface area contributed by atoms with E-state index in [-0.39, 0.29) is 29.6 Å². The van der Waals surface area contributed by atoms with E-state index >= 15 is 0 Å². The van der Waals surface area contributed by atoms with E-state index in [0.717, 1.165) is 0 Å². The maximum absolute atomic E-state index is 14.3. The van der Waals surface area contributed by atoms with Crippen molar-refractivity contribution < 1.29 is 18.7 Å².